The van der Waals surface area contributed by atoms with Crippen molar-refractivity contribution in [3.05, 3.63) is 72.3 Å². The van der Waals surface area contributed by atoms with Crippen LogP contribution in [0, 0.1) is 11.3 Å². The monoisotopic (exact) mass is 294 g/mol. The molecule has 0 fully saturated rings. The lowest BCUT2D eigenvalue weighted by molar-refractivity contribution is 0.102. The van der Waals surface area contributed by atoms with E-state index in [2.05, 4.69) is 11.9 Å². The Labute approximate surface area is 128 Å². The molecule has 104 valence electrons. The summed E-state index contributed by atoms with van der Waals surface area (Å²) < 4.78 is 0. The summed E-state index contributed by atoms with van der Waals surface area (Å²) >= 11 is 1.61. The van der Waals surface area contributed by atoms with Crippen molar-refractivity contribution in [2.45, 2.75) is 4.90 Å². The summed E-state index contributed by atoms with van der Waals surface area (Å²) in [6.07, 6.45) is 1.82. The van der Waals surface area contributed by atoms with E-state index in [1.807, 2.05) is 36.4 Å². The molecule has 1 N–H and O–H groups in total. The van der Waals surface area contributed by atoms with Crippen LogP contribution in [0.3, 0.4) is 0 Å². The van der Waals surface area contributed by atoms with Crippen molar-refractivity contribution in [3.8, 4) is 6.07 Å². The molecule has 0 heterocycles. The van der Waals surface area contributed by atoms with Gasteiger partial charge in [-0.25, -0.2) is 0 Å². The normalized spacial score (nSPS) is 9.67. The van der Waals surface area contributed by atoms with E-state index in [4.69, 9.17) is 5.26 Å². The average molecular weight is 294 g/mol. The fourth-order valence-corrected chi connectivity index (χ4v) is 2.52. The summed E-state index contributed by atoms with van der Waals surface area (Å²) in [5.74, 6) is 0.551. The highest BCUT2D eigenvalue weighted by Gasteiger charge is 2.09. The van der Waals surface area contributed by atoms with Crippen LogP contribution in [0.5, 0.6) is 0 Å². The van der Waals surface area contributed by atoms with Crippen molar-refractivity contribution in [1.82, 2.24) is 0 Å². The van der Waals surface area contributed by atoms with Crippen LogP contribution in [0.2, 0.25) is 0 Å². The molecule has 2 aromatic rings. The number of carbonyl (C=O) groups is 1. The number of para-hydroxylation sites is 1. The highest BCUT2D eigenvalue weighted by molar-refractivity contribution is 7.99. The third-order valence-corrected chi connectivity index (χ3v) is 3.82. The number of benzene rings is 2. The Morgan fingerprint density at radius 1 is 1.29 bits per heavy atom. The molecule has 2 aromatic carbocycles. The molecular formula is C17H14N2OS. The quantitative estimate of drug-likeness (QED) is 0.667. The molecule has 1 amide bonds. The van der Waals surface area contributed by atoms with Gasteiger partial charge in [-0.2, -0.15) is 5.26 Å². The van der Waals surface area contributed by atoms with Crippen LogP contribution in [-0.4, -0.2) is 11.7 Å². The highest BCUT2D eigenvalue weighted by atomic mass is 32.2. The molecule has 0 aliphatic carbocycles. The molecular weight excluding hydrogens is 280 g/mol. The van der Waals surface area contributed by atoms with Crippen LogP contribution in [0.4, 0.5) is 5.69 Å². The first-order valence-corrected chi connectivity index (χ1v) is 7.37. The molecule has 0 atom stereocenters. The number of carbonyl (C=O) groups excluding carboxylic acids is 1. The molecule has 0 aliphatic rings. The molecule has 0 aromatic heterocycles. The first kappa shape index (κ1) is 14.9. The van der Waals surface area contributed by atoms with Crippen molar-refractivity contribution in [1.29, 1.82) is 5.26 Å². The van der Waals surface area contributed by atoms with Crippen LogP contribution in [-0.2, 0) is 0 Å². The third kappa shape index (κ3) is 3.98. The number of anilines is 1. The zero-order valence-corrected chi connectivity index (χ0v) is 12.2. The minimum absolute atomic E-state index is 0.223. The van der Waals surface area contributed by atoms with Gasteiger partial charge in [0.25, 0.3) is 5.91 Å². The van der Waals surface area contributed by atoms with Crippen LogP contribution in [0.25, 0.3) is 0 Å². The summed E-state index contributed by atoms with van der Waals surface area (Å²) in [5.41, 5.74) is 1.70. The molecule has 0 spiro atoms. The van der Waals surface area contributed by atoms with Gasteiger partial charge in [0.15, 0.2) is 0 Å². The molecule has 0 aliphatic heterocycles. The molecule has 0 unspecified atom stereocenters. The van der Waals surface area contributed by atoms with E-state index < -0.39 is 0 Å². The summed E-state index contributed by atoms with van der Waals surface area (Å²) in [6.45, 7) is 3.69. The SMILES string of the molecule is C=CCSc1ccccc1NC(=O)c1cccc(C#N)c1. The fourth-order valence-electron chi connectivity index (χ4n) is 1.77. The fraction of sp³-hybridized carbons (Fsp3) is 0.0588. The van der Waals surface area contributed by atoms with Gasteiger partial charge in [-0.3, -0.25) is 4.79 Å². The molecule has 0 saturated heterocycles. The van der Waals surface area contributed by atoms with E-state index in [1.165, 1.54) is 0 Å². The van der Waals surface area contributed by atoms with Gasteiger partial charge in [0, 0.05) is 16.2 Å². The lowest BCUT2D eigenvalue weighted by Crippen LogP contribution is -2.12. The van der Waals surface area contributed by atoms with Gasteiger partial charge in [-0.1, -0.05) is 24.3 Å². The Balaban J connectivity index is 2.19. The Morgan fingerprint density at radius 2 is 2.10 bits per heavy atom. The Bertz CT molecular complexity index is 704. The second kappa shape index (κ2) is 7.32. The molecule has 21 heavy (non-hydrogen) atoms. The first-order chi connectivity index (χ1) is 10.2. The molecule has 4 heteroatoms. The number of amides is 1. The van der Waals surface area contributed by atoms with Crippen molar-refractivity contribution in [2.24, 2.45) is 0 Å². The van der Waals surface area contributed by atoms with E-state index in [1.54, 1.807) is 36.0 Å². The smallest absolute Gasteiger partial charge is 0.255 e. The number of rotatable bonds is 5. The Morgan fingerprint density at radius 3 is 2.86 bits per heavy atom. The van der Waals surface area contributed by atoms with E-state index >= 15 is 0 Å². The second-order valence-electron chi connectivity index (χ2n) is 4.24. The Hall–Kier alpha value is -2.51. The maximum absolute atomic E-state index is 12.3. The molecule has 0 bridgehead atoms. The van der Waals surface area contributed by atoms with E-state index in [-0.39, 0.29) is 5.91 Å². The van der Waals surface area contributed by atoms with Gasteiger partial charge in [-0.05, 0) is 30.3 Å². The van der Waals surface area contributed by atoms with Crippen molar-refractivity contribution < 1.29 is 4.79 Å². The minimum atomic E-state index is -0.223. The second-order valence-corrected chi connectivity index (χ2v) is 5.30. The van der Waals surface area contributed by atoms with Gasteiger partial charge in [-0.15, -0.1) is 18.3 Å². The molecule has 2 rings (SSSR count). The van der Waals surface area contributed by atoms with Crippen molar-refractivity contribution >= 4 is 23.4 Å². The summed E-state index contributed by atoms with van der Waals surface area (Å²) in [5, 5.41) is 11.8. The maximum Gasteiger partial charge on any atom is 0.255 e. The van der Waals surface area contributed by atoms with Gasteiger partial charge >= 0.3 is 0 Å². The molecule has 3 nitrogen and oxygen atoms in total. The predicted molar refractivity (Wildman–Crippen MR) is 86.5 cm³/mol. The number of hydrogen-bond donors (Lipinski definition) is 1. The van der Waals surface area contributed by atoms with Gasteiger partial charge in [0.05, 0.1) is 17.3 Å². The van der Waals surface area contributed by atoms with Gasteiger partial charge < -0.3 is 5.32 Å². The van der Waals surface area contributed by atoms with E-state index in [0.29, 0.717) is 11.1 Å². The van der Waals surface area contributed by atoms with Crippen molar-refractivity contribution in [3.63, 3.8) is 0 Å². The number of nitrogens with one attached hydrogen (secondary N) is 1. The number of thioether (sulfide) groups is 1. The lowest BCUT2D eigenvalue weighted by Gasteiger charge is -2.10. The maximum atomic E-state index is 12.3. The van der Waals surface area contributed by atoms with Crippen LogP contribution in [0.15, 0.2) is 66.1 Å². The molecule has 0 radical (unpaired) electrons. The predicted octanol–water partition coefficient (Wildman–Crippen LogP) is 4.09. The van der Waals surface area contributed by atoms with Gasteiger partial charge in [0.1, 0.15) is 0 Å². The average Bonchev–Trinajstić information content (AvgIpc) is 2.54. The zero-order chi connectivity index (χ0) is 15.1. The van der Waals surface area contributed by atoms with Crippen molar-refractivity contribution in [2.75, 3.05) is 11.1 Å². The zero-order valence-electron chi connectivity index (χ0n) is 11.4. The number of nitriles is 1. The number of hydrogen-bond acceptors (Lipinski definition) is 3. The van der Waals surface area contributed by atoms with E-state index in [0.717, 1.165) is 16.3 Å². The molecule has 0 saturated carbocycles. The summed E-state index contributed by atoms with van der Waals surface area (Å²) in [6, 6.07) is 16.3. The van der Waals surface area contributed by atoms with Gasteiger partial charge in [0.2, 0.25) is 0 Å². The topological polar surface area (TPSA) is 52.9 Å². The first-order valence-electron chi connectivity index (χ1n) is 6.39. The third-order valence-electron chi connectivity index (χ3n) is 2.75. The van der Waals surface area contributed by atoms with E-state index in [9.17, 15) is 4.79 Å². The highest BCUT2D eigenvalue weighted by Crippen LogP contribution is 2.27. The number of nitrogens with zero attached hydrogens (tertiary/aromatic N) is 1. The largest absolute Gasteiger partial charge is 0.321 e. The van der Waals surface area contributed by atoms with Crippen LogP contribution < -0.4 is 5.32 Å². The van der Waals surface area contributed by atoms with Crippen LogP contribution >= 0.6 is 11.8 Å². The summed E-state index contributed by atoms with van der Waals surface area (Å²) in [7, 11) is 0. The summed E-state index contributed by atoms with van der Waals surface area (Å²) in [4.78, 5) is 13.2. The minimum Gasteiger partial charge on any atom is -0.321 e. The standard InChI is InChI=1S/C17H14N2OS/c1-2-10-21-16-9-4-3-8-15(16)19-17(20)14-7-5-6-13(11-14)12-18/h2-9,11H,1,10H2,(H,19,20). The Kier molecular flexibility index (Phi) is 5.19. The van der Waals surface area contributed by atoms with Crippen LogP contribution in [0.1, 0.15) is 15.9 Å². The lowest BCUT2D eigenvalue weighted by atomic mass is 10.1.